The first-order chi connectivity index (χ1) is 11.7. The van der Waals surface area contributed by atoms with Crippen molar-refractivity contribution in [2.45, 2.75) is 32.5 Å². The number of nitrogens with one attached hydrogen (secondary N) is 1. The first kappa shape index (κ1) is 19.7. The molecule has 0 aromatic carbocycles. The zero-order valence-electron chi connectivity index (χ0n) is 14.8. The molecule has 9 heteroatoms. The fourth-order valence-electron chi connectivity index (χ4n) is 3.02. The zero-order chi connectivity index (χ0) is 18.6. The lowest BCUT2D eigenvalue weighted by molar-refractivity contribution is -0.141. The van der Waals surface area contributed by atoms with Gasteiger partial charge in [-0.2, -0.15) is 18.3 Å². The van der Waals surface area contributed by atoms with Gasteiger partial charge in [0.1, 0.15) is 0 Å². The summed E-state index contributed by atoms with van der Waals surface area (Å²) in [6.45, 7) is 7.23. The molecule has 1 N–H and O–H groups in total. The average molecular weight is 362 g/mol. The smallest absolute Gasteiger partial charge is 0.379 e. The molecular formula is C16H25F3N4O2. The Morgan fingerprint density at radius 3 is 2.56 bits per heavy atom. The average Bonchev–Trinajstić information content (AvgIpc) is 2.94. The Bertz CT molecular complexity index is 580. The van der Waals surface area contributed by atoms with Crippen molar-refractivity contribution in [3.8, 4) is 0 Å². The summed E-state index contributed by atoms with van der Waals surface area (Å²) in [4.78, 5) is 14.5. The molecule has 1 amide bonds. The number of halogens is 3. The molecule has 2 heterocycles. The maximum absolute atomic E-state index is 13.0. The minimum absolute atomic E-state index is 0.0684. The Labute approximate surface area is 145 Å². The standard InChI is InChI=1S/C16H25F3N4O2/c1-11(2)8-12(23-4-6-25-7-5-23)9-20-15(24)13-10-22(3)21-14(13)16(17,18)19/h10-12H,4-9H2,1-3H3,(H,20,24). The van der Waals surface area contributed by atoms with E-state index < -0.39 is 23.3 Å². The molecule has 1 unspecified atom stereocenters. The van der Waals surface area contributed by atoms with Crippen molar-refractivity contribution in [3.63, 3.8) is 0 Å². The van der Waals surface area contributed by atoms with Gasteiger partial charge in [0.2, 0.25) is 0 Å². The molecule has 6 nitrogen and oxygen atoms in total. The number of amides is 1. The number of aryl methyl sites for hydroxylation is 1. The molecule has 1 aromatic rings. The molecule has 0 bridgehead atoms. The first-order valence-corrected chi connectivity index (χ1v) is 8.39. The number of hydrogen-bond acceptors (Lipinski definition) is 4. The highest BCUT2D eigenvalue weighted by molar-refractivity contribution is 5.95. The maximum Gasteiger partial charge on any atom is 0.435 e. The molecule has 1 aromatic heterocycles. The van der Waals surface area contributed by atoms with Crippen LogP contribution in [0.1, 0.15) is 36.3 Å². The molecule has 1 fully saturated rings. The summed E-state index contributed by atoms with van der Waals surface area (Å²) in [5.74, 6) is -0.337. The molecule has 1 atom stereocenters. The number of alkyl halides is 3. The van der Waals surface area contributed by atoms with Gasteiger partial charge in [-0.1, -0.05) is 13.8 Å². The molecule has 0 spiro atoms. The van der Waals surface area contributed by atoms with Crippen molar-refractivity contribution in [1.29, 1.82) is 0 Å². The second-order valence-electron chi connectivity index (χ2n) is 6.70. The third-order valence-electron chi connectivity index (χ3n) is 4.15. The Morgan fingerprint density at radius 2 is 2.00 bits per heavy atom. The third-order valence-corrected chi connectivity index (χ3v) is 4.15. The molecule has 2 rings (SSSR count). The molecule has 1 aliphatic heterocycles. The molecule has 0 radical (unpaired) electrons. The van der Waals surface area contributed by atoms with Crippen LogP contribution in [0.25, 0.3) is 0 Å². The minimum Gasteiger partial charge on any atom is -0.379 e. The van der Waals surface area contributed by atoms with Gasteiger partial charge in [0.25, 0.3) is 5.91 Å². The van der Waals surface area contributed by atoms with Gasteiger partial charge in [0.15, 0.2) is 5.69 Å². The van der Waals surface area contributed by atoms with E-state index in [-0.39, 0.29) is 6.04 Å². The van der Waals surface area contributed by atoms with Gasteiger partial charge in [-0.05, 0) is 12.3 Å². The van der Waals surface area contributed by atoms with Crippen LogP contribution in [0.3, 0.4) is 0 Å². The van der Waals surface area contributed by atoms with Crippen molar-refractivity contribution >= 4 is 5.91 Å². The Kier molecular flexibility index (Phi) is 6.45. The molecule has 1 saturated heterocycles. The van der Waals surface area contributed by atoms with Crippen LogP contribution in [0.5, 0.6) is 0 Å². The van der Waals surface area contributed by atoms with Crippen LogP contribution < -0.4 is 5.32 Å². The molecular weight excluding hydrogens is 337 g/mol. The predicted octanol–water partition coefficient (Wildman–Crippen LogP) is 1.92. The molecule has 0 aliphatic carbocycles. The summed E-state index contributed by atoms with van der Waals surface area (Å²) >= 11 is 0. The Morgan fingerprint density at radius 1 is 1.36 bits per heavy atom. The van der Waals surface area contributed by atoms with Crippen molar-refractivity contribution in [3.05, 3.63) is 17.5 Å². The van der Waals surface area contributed by atoms with Gasteiger partial charge in [-0.15, -0.1) is 0 Å². The highest BCUT2D eigenvalue weighted by Crippen LogP contribution is 2.30. The van der Waals surface area contributed by atoms with Crippen molar-refractivity contribution in [2.75, 3.05) is 32.8 Å². The summed E-state index contributed by atoms with van der Waals surface area (Å²) in [5, 5.41) is 6.02. The van der Waals surface area contributed by atoms with E-state index in [9.17, 15) is 18.0 Å². The largest absolute Gasteiger partial charge is 0.435 e. The number of aromatic nitrogens is 2. The summed E-state index contributed by atoms with van der Waals surface area (Å²) in [6.07, 6.45) is -2.71. The molecule has 0 saturated carbocycles. The van der Waals surface area contributed by atoms with Crippen molar-refractivity contribution < 1.29 is 22.7 Å². The predicted molar refractivity (Wildman–Crippen MR) is 86.2 cm³/mol. The van der Waals surface area contributed by atoms with Crippen LogP contribution in [0, 0.1) is 5.92 Å². The maximum atomic E-state index is 13.0. The Hall–Kier alpha value is -1.61. The number of carbonyl (C=O) groups excluding carboxylic acids is 1. The molecule has 1 aliphatic rings. The van der Waals surface area contributed by atoms with Crippen LogP contribution in [0.15, 0.2) is 6.20 Å². The van der Waals surface area contributed by atoms with Gasteiger partial charge in [0, 0.05) is 38.9 Å². The third kappa shape index (κ3) is 5.43. The van der Waals surface area contributed by atoms with E-state index in [0.29, 0.717) is 25.7 Å². The second kappa shape index (κ2) is 8.18. The van der Waals surface area contributed by atoms with Crippen LogP contribution in [-0.2, 0) is 18.0 Å². The van der Waals surface area contributed by atoms with Crippen molar-refractivity contribution in [2.24, 2.45) is 13.0 Å². The van der Waals surface area contributed by atoms with Crippen LogP contribution in [0.4, 0.5) is 13.2 Å². The molecule has 25 heavy (non-hydrogen) atoms. The number of hydrogen-bond donors (Lipinski definition) is 1. The van der Waals surface area contributed by atoms with E-state index >= 15 is 0 Å². The normalized spacial score (nSPS) is 17.7. The quantitative estimate of drug-likeness (QED) is 0.840. The van der Waals surface area contributed by atoms with E-state index in [0.717, 1.165) is 30.4 Å². The molecule has 142 valence electrons. The van der Waals surface area contributed by atoms with E-state index in [1.54, 1.807) is 0 Å². The fourth-order valence-corrected chi connectivity index (χ4v) is 3.02. The first-order valence-electron chi connectivity index (χ1n) is 8.39. The lowest BCUT2D eigenvalue weighted by atomic mass is 10.0. The number of morpholine rings is 1. The summed E-state index contributed by atoms with van der Waals surface area (Å²) in [5.41, 5.74) is -1.60. The number of rotatable bonds is 6. The zero-order valence-corrected chi connectivity index (χ0v) is 14.8. The monoisotopic (exact) mass is 362 g/mol. The number of nitrogens with zero attached hydrogens (tertiary/aromatic N) is 3. The van der Waals surface area contributed by atoms with E-state index in [4.69, 9.17) is 4.74 Å². The highest BCUT2D eigenvalue weighted by atomic mass is 19.4. The topological polar surface area (TPSA) is 59.4 Å². The highest BCUT2D eigenvalue weighted by Gasteiger charge is 2.39. The lowest BCUT2D eigenvalue weighted by Crippen LogP contribution is -2.49. The van der Waals surface area contributed by atoms with Gasteiger partial charge in [-0.3, -0.25) is 14.4 Å². The second-order valence-corrected chi connectivity index (χ2v) is 6.70. The summed E-state index contributed by atoms with van der Waals surface area (Å²) in [6, 6.07) is 0.0684. The van der Waals surface area contributed by atoms with Crippen LogP contribution in [-0.4, -0.2) is 59.5 Å². The SMILES string of the molecule is CC(C)CC(CNC(=O)c1cn(C)nc1C(F)(F)F)N1CCOCC1. The van der Waals surface area contributed by atoms with E-state index in [1.807, 2.05) is 0 Å². The van der Waals surface area contributed by atoms with Gasteiger partial charge in [0.05, 0.1) is 18.8 Å². The Balaban J connectivity index is 2.05. The summed E-state index contributed by atoms with van der Waals surface area (Å²) < 4.78 is 45.4. The van der Waals surface area contributed by atoms with E-state index in [2.05, 4.69) is 29.2 Å². The lowest BCUT2D eigenvalue weighted by Gasteiger charge is -2.35. The van der Waals surface area contributed by atoms with Crippen LogP contribution in [0.2, 0.25) is 0 Å². The minimum atomic E-state index is -4.66. The number of ether oxygens (including phenoxy) is 1. The van der Waals surface area contributed by atoms with Gasteiger partial charge < -0.3 is 10.1 Å². The summed E-state index contributed by atoms with van der Waals surface area (Å²) in [7, 11) is 1.36. The number of carbonyl (C=O) groups is 1. The van der Waals surface area contributed by atoms with E-state index in [1.165, 1.54) is 7.05 Å². The van der Waals surface area contributed by atoms with Gasteiger partial charge >= 0.3 is 6.18 Å². The van der Waals surface area contributed by atoms with Crippen molar-refractivity contribution in [1.82, 2.24) is 20.0 Å². The fraction of sp³-hybridized carbons (Fsp3) is 0.750. The van der Waals surface area contributed by atoms with Gasteiger partial charge in [-0.25, -0.2) is 0 Å². The van der Waals surface area contributed by atoms with Crippen LogP contribution >= 0.6 is 0 Å².